The van der Waals surface area contributed by atoms with Gasteiger partial charge in [-0.15, -0.1) is 0 Å². The van der Waals surface area contributed by atoms with Gasteiger partial charge in [-0.25, -0.2) is 13.6 Å². The summed E-state index contributed by atoms with van der Waals surface area (Å²) in [4.78, 5) is 24.7. The molecule has 0 saturated carbocycles. The smallest absolute Gasteiger partial charge is 0.411 e. The Hall–Kier alpha value is -1.20. The molecule has 1 unspecified atom stereocenters. The quantitative estimate of drug-likeness (QED) is 0.779. The summed E-state index contributed by atoms with van der Waals surface area (Å²) in [6, 6.07) is -1.09. The number of halogens is 2. The molecule has 0 aromatic rings. The van der Waals surface area contributed by atoms with E-state index < -0.39 is 42.5 Å². The molecular weight excluding hydrogens is 256 g/mol. The summed E-state index contributed by atoms with van der Waals surface area (Å²) < 4.78 is 32.0. The highest BCUT2D eigenvalue weighted by Gasteiger charge is 2.51. The van der Waals surface area contributed by atoms with Crippen LogP contribution in [0.5, 0.6) is 0 Å². The number of alkyl halides is 2. The molecule has 0 N–H and O–H groups in total. The summed E-state index contributed by atoms with van der Waals surface area (Å²) in [6.45, 7) is 7.46. The van der Waals surface area contributed by atoms with Gasteiger partial charge in [-0.2, -0.15) is 0 Å². The van der Waals surface area contributed by atoms with E-state index in [0.29, 0.717) is 0 Å². The van der Waals surface area contributed by atoms with Crippen molar-refractivity contribution in [1.82, 2.24) is 4.90 Å². The number of carbonyl (C=O) groups excluding carboxylic acids is 2. The van der Waals surface area contributed by atoms with Gasteiger partial charge in [-0.05, 0) is 20.8 Å². The minimum Gasteiger partial charge on any atom is -0.444 e. The number of ether oxygens (including phenoxy) is 1. The molecule has 1 fully saturated rings. The van der Waals surface area contributed by atoms with Crippen LogP contribution in [0.4, 0.5) is 13.6 Å². The maximum atomic E-state index is 13.5. The Morgan fingerprint density at radius 3 is 2.26 bits per heavy atom. The highest BCUT2D eigenvalue weighted by atomic mass is 19.3. The molecule has 1 heterocycles. The number of nitrogens with zero attached hydrogens (tertiary/aromatic N) is 1. The largest absolute Gasteiger partial charge is 0.444 e. The van der Waals surface area contributed by atoms with Crippen molar-refractivity contribution in [3.63, 3.8) is 0 Å². The van der Waals surface area contributed by atoms with Crippen LogP contribution < -0.4 is 0 Å². The van der Waals surface area contributed by atoms with E-state index in [9.17, 15) is 18.4 Å². The van der Waals surface area contributed by atoms with E-state index in [1.165, 1.54) is 0 Å². The first kappa shape index (κ1) is 15.9. The lowest BCUT2D eigenvalue weighted by molar-refractivity contribution is -0.126. The number of rotatable bonds is 2. The normalized spacial score (nSPS) is 22.7. The van der Waals surface area contributed by atoms with Crippen molar-refractivity contribution in [1.29, 1.82) is 0 Å². The summed E-state index contributed by atoms with van der Waals surface area (Å²) >= 11 is 0. The Labute approximate surface area is 112 Å². The first-order chi connectivity index (χ1) is 8.43. The molecule has 0 radical (unpaired) electrons. The zero-order valence-electron chi connectivity index (χ0n) is 12.0. The molecule has 0 aromatic carbocycles. The van der Waals surface area contributed by atoms with Crippen LogP contribution in [0.1, 0.15) is 41.0 Å². The second-order valence-electron chi connectivity index (χ2n) is 6.24. The van der Waals surface area contributed by atoms with Crippen LogP contribution in [0.15, 0.2) is 0 Å². The topological polar surface area (TPSA) is 46.6 Å². The van der Waals surface area contributed by atoms with Crippen LogP contribution in [-0.4, -0.2) is 40.9 Å². The van der Waals surface area contributed by atoms with E-state index in [0.717, 1.165) is 4.90 Å². The highest BCUT2D eigenvalue weighted by molar-refractivity contribution is 5.89. The van der Waals surface area contributed by atoms with Crippen LogP contribution in [0.3, 0.4) is 0 Å². The van der Waals surface area contributed by atoms with Gasteiger partial charge in [0, 0.05) is 12.3 Å². The summed E-state index contributed by atoms with van der Waals surface area (Å²) in [7, 11) is 0. The van der Waals surface area contributed by atoms with Crippen LogP contribution >= 0.6 is 0 Å². The summed E-state index contributed by atoms with van der Waals surface area (Å²) in [5, 5.41) is 0. The second-order valence-corrected chi connectivity index (χ2v) is 6.24. The fourth-order valence-electron chi connectivity index (χ4n) is 1.97. The standard InChI is InChI=1S/C13H21F2NO3/c1-8(2)10(17)9-6-13(14,15)7-16(9)11(18)19-12(3,4)5/h8-9H,6-7H2,1-5H3. The molecule has 0 bridgehead atoms. The number of hydrogen-bond acceptors (Lipinski definition) is 3. The monoisotopic (exact) mass is 277 g/mol. The minimum absolute atomic E-state index is 0.358. The lowest BCUT2D eigenvalue weighted by Crippen LogP contribution is -2.44. The van der Waals surface area contributed by atoms with Crippen LogP contribution in [0.25, 0.3) is 0 Å². The lowest BCUT2D eigenvalue weighted by Gasteiger charge is -2.28. The van der Waals surface area contributed by atoms with Crippen molar-refractivity contribution in [2.24, 2.45) is 5.92 Å². The zero-order chi connectivity index (χ0) is 15.0. The Balaban J connectivity index is 2.90. The molecule has 19 heavy (non-hydrogen) atoms. The SMILES string of the molecule is CC(C)C(=O)C1CC(F)(F)CN1C(=O)OC(C)(C)C. The van der Waals surface area contributed by atoms with E-state index in [4.69, 9.17) is 4.74 Å². The van der Waals surface area contributed by atoms with Crippen molar-refractivity contribution in [3.8, 4) is 0 Å². The third-order valence-electron chi connectivity index (χ3n) is 2.80. The van der Waals surface area contributed by atoms with Crippen molar-refractivity contribution in [3.05, 3.63) is 0 Å². The predicted octanol–water partition coefficient (Wildman–Crippen LogP) is 2.86. The molecular formula is C13H21F2NO3. The number of hydrogen-bond donors (Lipinski definition) is 0. The summed E-state index contributed by atoms with van der Waals surface area (Å²) in [5.74, 6) is -3.79. The Kier molecular flexibility index (Phi) is 4.22. The van der Waals surface area contributed by atoms with E-state index >= 15 is 0 Å². The summed E-state index contributed by atoms with van der Waals surface area (Å²) in [5.41, 5.74) is -0.777. The molecule has 0 aromatic heterocycles. The number of carbonyl (C=O) groups is 2. The molecule has 4 nitrogen and oxygen atoms in total. The summed E-state index contributed by atoms with van der Waals surface area (Å²) in [6.07, 6.45) is -1.48. The molecule has 1 aliphatic rings. The maximum Gasteiger partial charge on any atom is 0.411 e. The molecule has 0 spiro atoms. The van der Waals surface area contributed by atoms with Gasteiger partial charge in [-0.3, -0.25) is 9.69 Å². The van der Waals surface area contributed by atoms with Gasteiger partial charge in [0.25, 0.3) is 5.92 Å². The van der Waals surface area contributed by atoms with Crippen molar-refractivity contribution in [2.45, 2.75) is 58.6 Å². The zero-order valence-corrected chi connectivity index (χ0v) is 12.0. The third-order valence-corrected chi connectivity index (χ3v) is 2.80. The van der Waals surface area contributed by atoms with Crippen molar-refractivity contribution in [2.75, 3.05) is 6.54 Å². The molecule has 1 aliphatic heterocycles. The molecule has 1 saturated heterocycles. The number of Topliss-reactive ketones (excluding diaryl/α,β-unsaturated/α-hetero) is 1. The lowest BCUT2D eigenvalue weighted by atomic mass is 9.99. The van der Waals surface area contributed by atoms with Crippen LogP contribution in [0.2, 0.25) is 0 Å². The number of amides is 1. The molecule has 1 amide bonds. The van der Waals surface area contributed by atoms with Gasteiger partial charge < -0.3 is 4.74 Å². The molecule has 110 valence electrons. The van der Waals surface area contributed by atoms with E-state index in [-0.39, 0.29) is 5.78 Å². The third kappa shape index (κ3) is 4.14. The number of ketones is 1. The first-order valence-electron chi connectivity index (χ1n) is 6.34. The highest BCUT2D eigenvalue weighted by Crippen LogP contribution is 2.34. The van der Waals surface area contributed by atoms with Gasteiger partial charge in [0.1, 0.15) is 11.6 Å². The van der Waals surface area contributed by atoms with Crippen molar-refractivity contribution < 1.29 is 23.1 Å². The minimum atomic E-state index is -3.04. The fourth-order valence-corrected chi connectivity index (χ4v) is 1.97. The number of likely N-dealkylation sites (tertiary alicyclic amines) is 1. The van der Waals surface area contributed by atoms with E-state index in [1.807, 2.05) is 0 Å². The van der Waals surface area contributed by atoms with Gasteiger partial charge in [0.05, 0.1) is 6.54 Å². The van der Waals surface area contributed by atoms with Crippen LogP contribution in [0, 0.1) is 5.92 Å². The van der Waals surface area contributed by atoms with Gasteiger partial charge >= 0.3 is 6.09 Å². The fraction of sp³-hybridized carbons (Fsp3) is 0.846. The van der Waals surface area contributed by atoms with Gasteiger partial charge in [-0.1, -0.05) is 13.8 Å². The molecule has 1 rings (SSSR count). The Morgan fingerprint density at radius 1 is 1.32 bits per heavy atom. The Bertz CT molecular complexity index is 375. The average Bonchev–Trinajstić information content (AvgIpc) is 2.50. The van der Waals surface area contributed by atoms with Gasteiger partial charge in [0.15, 0.2) is 5.78 Å². The Morgan fingerprint density at radius 2 is 1.84 bits per heavy atom. The van der Waals surface area contributed by atoms with Crippen molar-refractivity contribution >= 4 is 11.9 Å². The predicted molar refractivity (Wildman–Crippen MR) is 66.1 cm³/mol. The van der Waals surface area contributed by atoms with E-state index in [2.05, 4.69) is 0 Å². The molecule has 0 aliphatic carbocycles. The molecule has 1 atom stereocenters. The van der Waals surface area contributed by atoms with Crippen LogP contribution in [-0.2, 0) is 9.53 Å². The molecule has 6 heteroatoms. The maximum absolute atomic E-state index is 13.5. The average molecular weight is 277 g/mol. The first-order valence-corrected chi connectivity index (χ1v) is 6.34. The second kappa shape index (κ2) is 5.06. The van der Waals surface area contributed by atoms with E-state index in [1.54, 1.807) is 34.6 Å². The van der Waals surface area contributed by atoms with Gasteiger partial charge in [0.2, 0.25) is 0 Å².